The number of rotatable bonds is 4. The normalized spacial score (nSPS) is 25.3. The van der Waals surface area contributed by atoms with Crippen molar-refractivity contribution in [2.75, 3.05) is 27.2 Å². The summed E-state index contributed by atoms with van der Waals surface area (Å²) in [4.78, 5) is 26.8. The second kappa shape index (κ2) is 5.56. The van der Waals surface area contributed by atoms with Crippen LogP contribution in [0.2, 0.25) is 0 Å². The van der Waals surface area contributed by atoms with Gasteiger partial charge >= 0.3 is 12.0 Å². The molecule has 1 rings (SSSR count). The predicted octanol–water partition coefficient (Wildman–Crippen LogP) is 0.585. The third-order valence-corrected chi connectivity index (χ3v) is 3.36. The van der Waals surface area contributed by atoms with E-state index in [4.69, 9.17) is 0 Å². The van der Waals surface area contributed by atoms with Crippen molar-refractivity contribution in [1.82, 2.24) is 15.1 Å². The summed E-state index contributed by atoms with van der Waals surface area (Å²) in [7, 11) is 3.86. The molecule has 0 saturated carbocycles. The molecule has 1 aliphatic rings. The SMILES string of the molecule is CC(CN(C)C)NC(=O)N1CCCC1(C)C(=O)O. The fraction of sp³-hybridized carbons (Fsp3) is 0.833. The van der Waals surface area contributed by atoms with Crippen molar-refractivity contribution in [2.45, 2.75) is 38.3 Å². The van der Waals surface area contributed by atoms with Crippen LogP contribution >= 0.6 is 0 Å². The van der Waals surface area contributed by atoms with Crippen LogP contribution in [0, 0.1) is 0 Å². The smallest absolute Gasteiger partial charge is 0.329 e. The van der Waals surface area contributed by atoms with Gasteiger partial charge in [0.1, 0.15) is 5.54 Å². The topological polar surface area (TPSA) is 72.9 Å². The maximum Gasteiger partial charge on any atom is 0.329 e. The number of carboxylic acid groups (broad SMARTS) is 1. The Bertz CT molecular complexity index is 333. The van der Waals surface area contributed by atoms with Gasteiger partial charge in [0.05, 0.1) is 0 Å². The summed E-state index contributed by atoms with van der Waals surface area (Å²) in [5.74, 6) is -0.935. The van der Waals surface area contributed by atoms with Gasteiger partial charge in [-0.1, -0.05) is 0 Å². The lowest BCUT2D eigenvalue weighted by molar-refractivity contribution is -0.147. The number of carbonyl (C=O) groups excluding carboxylic acids is 1. The standard InChI is InChI=1S/C12H23N3O3/c1-9(8-14(3)4)13-11(18)15-7-5-6-12(15,2)10(16)17/h9H,5-8H2,1-4H3,(H,13,18)(H,16,17). The molecule has 6 nitrogen and oxygen atoms in total. The molecule has 0 aromatic rings. The van der Waals surface area contributed by atoms with Crippen LogP contribution in [-0.4, -0.2) is 65.7 Å². The van der Waals surface area contributed by atoms with Crippen LogP contribution in [0.5, 0.6) is 0 Å². The summed E-state index contributed by atoms with van der Waals surface area (Å²) >= 11 is 0. The summed E-state index contributed by atoms with van der Waals surface area (Å²) in [6, 6.07) is -0.294. The van der Waals surface area contributed by atoms with Gasteiger partial charge < -0.3 is 20.2 Å². The van der Waals surface area contributed by atoms with Gasteiger partial charge in [0.25, 0.3) is 0 Å². The highest BCUT2D eigenvalue weighted by Gasteiger charge is 2.46. The van der Waals surface area contributed by atoms with Crippen LogP contribution in [0.1, 0.15) is 26.7 Å². The van der Waals surface area contributed by atoms with E-state index in [0.29, 0.717) is 13.0 Å². The molecule has 2 amide bonds. The lowest BCUT2D eigenvalue weighted by Gasteiger charge is -2.32. The molecule has 2 unspecified atom stereocenters. The van der Waals surface area contributed by atoms with E-state index in [1.807, 2.05) is 25.9 Å². The van der Waals surface area contributed by atoms with Gasteiger partial charge in [-0.3, -0.25) is 0 Å². The highest BCUT2D eigenvalue weighted by atomic mass is 16.4. The van der Waals surface area contributed by atoms with E-state index in [1.165, 1.54) is 4.90 Å². The van der Waals surface area contributed by atoms with Crippen molar-refractivity contribution in [2.24, 2.45) is 0 Å². The lowest BCUT2D eigenvalue weighted by atomic mass is 10.00. The lowest BCUT2D eigenvalue weighted by Crippen LogP contribution is -2.56. The first-order valence-corrected chi connectivity index (χ1v) is 6.23. The molecule has 104 valence electrons. The Kier molecular flexibility index (Phi) is 4.56. The largest absolute Gasteiger partial charge is 0.480 e. The first-order valence-electron chi connectivity index (χ1n) is 6.23. The van der Waals surface area contributed by atoms with Gasteiger partial charge in [-0.2, -0.15) is 0 Å². The minimum Gasteiger partial charge on any atom is -0.480 e. The summed E-state index contributed by atoms with van der Waals surface area (Å²) < 4.78 is 0. The molecule has 2 N–H and O–H groups in total. The molecule has 18 heavy (non-hydrogen) atoms. The van der Waals surface area contributed by atoms with Crippen LogP contribution in [-0.2, 0) is 4.79 Å². The zero-order chi connectivity index (χ0) is 13.9. The Morgan fingerprint density at radius 3 is 2.61 bits per heavy atom. The zero-order valence-corrected chi connectivity index (χ0v) is 11.6. The average Bonchev–Trinajstić information content (AvgIpc) is 2.60. The van der Waals surface area contributed by atoms with Gasteiger partial charge in [0.15, 0.2) is 0 Å². The molecule has 0 bridgehead atoms. The molecule has 0 aromatic carbocycles. The molecule has 6 heteroatoms. The zero-order valence-electron chi connectivity index (χ0n) is 11.6. The maximum absolute atomic E-state index is 12.1. The fourth-order valence-corrected chi connectivity index (χ4v) is 2.39. The Hall–Kier alpha value is -1.30. The third kappa shape index (κ3) is 3.13. The van der Waals surface area contributed by atoms with Crippen molar-refractivity contribution in [3.63, 3.8) is 0 Å². The number of nitrogens with one attached hydrogen (secondary N) is 1. The van der Waals surface area contributed by atoms with Crippen LogP contribution in [0.25, 0.3) is 0 Å². The molecule has 0 aromatic heterocycles. The van der Waals surface area contributed by atoms with Crippen molar-refractivity contribution < 1.29 is 14.7 Å². The van der Waals surface area contributed by atoms with Crippen molar-refractivity contribution in [1.29, 1.82) is 0 Å². The number of amides is 2. The van der Waals surface area contributed by atoms with Gasteiger partial charge in [0.2, 0.25) is 0 Å². The quantitative estimate of drug-likeness (QED) is 0.773. The summed E-state index contributed by atoms with van der Waals surface area (Å²) in [5, 5.41) is 12.1. The molecule has 1 aliphatic heterocycles. The minimum atomic E-state index is -1.07. The average molecular weight is 257 g/mol. The molecule has 0 radical (unpaired) electrons. The van der Waals surface area contributed by atoms with E-state index >= 15 is 0 Å². The Labute approximate surface area is 108 Å². The molecular formula is C12H23N3O3. The highest BCUT2D eigenvalue weighted by Crippen LogP contribution is 2.29. The van der Waals surface area contributed by atoms with Crippen LogP contribution in [0.3, 0.4) is 0 Å². The van der Waals surface area contributed by atoms with E-state index in [0.717, 1.165) is 13.0 Å². The summed E-state index contributed by atoms with van der Waals surface area (Å²) in [6.07, 6.45) is 1.25. The third-order valence-electron chi connectivity index (χ3n) is 3.36. The molecule has 1 saturated heterocycles. The van der Waals surface area contributed by atoms with E-state index in [1.54, 1.807) is 6.92 Å². The van der Waals surface area contributed by atoms with E-state index < -0.39 is 11.5 Å². The van der Waals surface area contributed by atoms with E-state index in [9.17, 15) is 14.7 Å². The number of nitrogens with zero attached hydrogens (tertiary/aromatic N) is 2. The monoisotopic (exact) mass is 257 g/mol. The van der Waals surface area contributed by atoms with E-state index in [2.05, 4.69) is 5.32 Å². The minimum absolute atomic E-state index is 0.00820. The molecule has 1 fully saturated rings. The first-order chi connectivity index (χ1) is 8.27. The number of carbonyl (C=O) groups is 2. The van der Waals surface area contributed by atoms with Crippen molar-refractivity contribution >= 4 is 12.0 Å². The Morgan fingerprint density at radius 1 is 1.50 bits per heavy atom. The Balaban J connectivity index is 2.64. The van der Waals surface area contributed by atoms with Crippen molar-refractivity contribution in [3.05, 3.63) is 0 Å². The number of urea groups is 1. The highest BCUT2D eigenvalue weighted by molar-refractivity contribution is 5.86. The van der Waals surface area contributed by atoms with Gasteiger partial charge in [0, 0.05) is 19.1 Å². The first kappa shape index (κ1) is 14.8. The van der Waals surface area contributed by atoms with E-state index in [-0.39, 0.29) is 12.1 Å². The molecule has 0 aliphatic carbocycles. The number of carboxylic acids is 1. The molecular weight excluding hydrogens is 234 g/mol. The summed E-state index contributed by atoms with van der Waals surface area (Å²) in [5.41, 5.74) is -1.07. The second-order valence-corrected chi connectivity index (χ2v) is 5.45. The number of likely N-dealkylation sites (tertiary alicyclic amines) is 1. The number of hydrogen-bond donors (Lipinski definition) is 2. The summed E-state index contributed by atoms with van der Waals surface area (Å²) in [6.45, 7) is 4.75. The second-order valence-electron chi connectivity index (χ2n) is 5.45. The van der Waals surface area contributed by atoms with Crippen LogP contribution in [0.4, 0.5) is 4.79 Å². The fourth-order valence-electron chi connectivity index (χ4n) is 2.39. The van der Waals surface area contributed by atoms with Crippen LogP contribution < -0.4 is 5.32 Å². The maximum atomic E-state index is 12.1. The molecule has 2 atom stereocenters. The number of likely N-dealkylation sites (N-methyl/N-ethyl adjacent to an activating group) is 1. The van der Waals surface area contributed by atoms with Crippen molar-refractivity contribution in [3.8, 4) is 0 Å². The number of aliphatic carboxylic acids is 1. The van der Waals surface area contributed by atoms with Gasteiger partial charge in [-0.05, 0) is 40.8 Å². The molecule has 0 spiro atoms. The molecule has 1 heterocycles. The van der Waals surface area contributed by atoms with Gasteiger partial charge in [-0.15, -0.1) is 0 Å². The predicted molar refractivity (Wildman–Crippen MR) is 68.5 cm³/mol. The van der Waals surface area contributed by atoms with Gasteiger partial charge in [-0.25, -0.2) is 9.59 Å². The van der Waals surface area contributed by atoms with Crippen LogP contribution in [0.15, 0.2) is 0 Å². The Morgan fingerprint density at radius 2 is 2.11 bits per heavy atom. The number of hydrogen-bond acceptors (Lipinski definition) is 3.